The molecule has 2 heterocycles. The summed E-state index contributed by atoms with van der Waals surface area (Å²) in [6.45, 7) is 0. The molecule has 0 aliphatic heterocycles. The van der Waals surface area contributed by atoms with Crippen molar-refractivity contribution in [1.82, 2.24) is 0 Å². The Morgan fingerprint density at radius 1 is 0.655 bits per heavy atom. The molecule has 0 amide bonds. The van der Waals surface area contributed by atoms with Crippen molar-refractivity contribution in [2.75, 3.05) is 0 Å². The first-order valence-corrected chi connectivity index (χ1v) is 10.2. The summed E-state index contributed by atoms with van der Waals surface area (Å²) >= 11 is 1.74. The Morgan fingerprint density at radius 3 is 2.17 bits per heavy atom. The van der Waals surface area contributed by atoms with Crippen molar-refractivity contribution in [3.05, 3.63) is 89.1 Å². The minimum Gasteiger partial charge on any atom is -0.456 e. The maximum Gasteiger partial charge on any atom is 0.200 e. The second-order valence-electron chi connectivity index (χ2n) is 7.21. The summed E-state index contributed by atoms with van der Waals surface area (Å²) < 4.78 is 8.43. The van der Waals surface area contributed by atoms with E-state index < -0.39 is 0 Å². The van der Waals surface area contributed by atoms with E-state index >= 15 is 0 Å². The maximum atomic E-state index is 12.8. The standard InChI is InChI=1S/C25H13BO2S/c26-16-7-10-18-17-8-5-15(12-23(17)29-24(18)13-16)14-6-9-20-22(11-14)28-21-4-2-1-3-19(21)25(20)27/h1-13H. The highest BCUT2D eigenvalue weighted by molar-refractivity contribution is 7.25. The summed E-state index contributed by atoms with van der Waals surface area (Å²) in [5.41, 5.74) is 4.12. The van der Waals surface area contributed by atoms with Crippen LogP contribution in [0.2, 0.25) is 0 Å². The SMILES string of the molecule is [B]c1ccc2c(c1)sc1cc(-c3ccc4c(=O)c5ccccc5oc4c3)ccc12. The molecule has 6 aromatic rings. The number of para-hydroxylation sites is 1. The van der Waals surface area contributed by atoms with E-state index in [0.29, 0.717) is 21.9 Å². The molecule has 0 aliphatic rings. The van der Waals surface area contributed by atoms with Gasteiger partial charge in [-0.15, -0.1) is 11.3 Å². The second kappa shape index (κ2) is 6.06. The van der Waals surface area contributed by atoms with Crippen LogP contribution in [0.15, 0.2) is 88.1 Å². The molecule has 0 spiro atoms. The van der Waals surface area contributed by atoms with Gasteiger partial charge in [0.1, 0.15) is 19.0 Å². The first kappa shape index (κ1) is 16.6. The van der Waals surface area contributed by atoms with Crippen molar-refractivity contribution in [3.63, 3.8) is 0 Å². The minimum atomic E-state index is 0.00551. The lowest BCUT2D eigenvalue weighted by Crippen LogP contribution is -2.01. The number of hydrogen-bond donors (Lipinski definition) is 0. The Bertz CT molecular complexity index is 1640. The number of fused-ring (bicyclic) bond motifs is 5. The van der Waals surface area contributed by atoms with Gasteiger partial charge >= 0.3 is 0 Å². The molecule has 2 aromatic heterocycles. The van der Waals surface area contributed by atoms with Crippen LogP contribution in [-0.4, -0.2) is 7.85 Å². The van der Waals surface area contributed by atoms with Gasteiger partial charge in [-0.3, -0.25) is 4.79 Å². The molecule has 0 atom stereocenters. The zero-order chi connectivity index (χ0) is 19.5. The zero-order valence-electron chi connectivity index (χ0n) is 15.3. The first-order chi connectivity index (χ1) is 14.2. The smallest absolute Gasteiger partial charge is 0.200 e. The van der Waals surface area contributed by atoms with Crippen LogP contribution >= 0.6 is 11.3 Å². The molecule has 0 unspecified atom stereocenters. The lowest BCUT2D eigenvalue weighted by molar-refractivity contribution is 0.660. The van der Waals surface area contributed by atoms with E-state index in [2.05, 4.69) is 24.3 Å². The van der Waals surface area contributed by atoms with Crippen LogP contribution in [0.1, 0.15) is 0 Å². The Kier molecular flexibility index (Phi) is 3.47. The summed E-state index contributed by atoms with van der Waals surface area (Å²) in [5.74, 6) is 0. The summed E-state index contributed by atoms with van der Waals surface area (Å²) in [6.07, 6.45) is 0. The van der Waals surface area contributed by atoms with Crippen molar-refractivity contribution in [1.29, 1.82) is 0 Å². The van der Waals surface area contributed by atoms with Gasteiger partial charge in [0.15, 0.2) is 0 Å². The normalized spacial score (nSPS) is 11.7. The average Bonchev–Trinajstić information content (AvgIpc) is 3.10. The fourth-order valence-corrected chi connectivity index (χ4v) is 5.15. The molecule has 0 aliphatic carbocycles. The van der Waals surface area contributed by atoms with Gasteiger partial charge in [-0.2, -0.15) is 0 Å². The summed E-state index contributed by atoms with van der Waals surface area (Å²) in [4.78, 5) is 12.8. The van der Waals surface area contributed by atoms with Crippen molar-refractivity contribution in [3.8, 4) is 11.1 Å². The predicted octanol–water partition coefficient (Wildman–Crippen LogP) is 5.77. The lowest BCUT2D eigenvalue weighted by Gasteiger charge is -2.05. The quantitative estimate of drug-likeness (QED) is 0.264. The fourth-order valence-electron chi connectivity index (χ4n) is 3.95. The predicted molar refractivity (Wildman–Crippen MR) is 124 cm³/mol. The van der Waals surface area contributed by atoms with Gasteiger partial charge in [0, 0.05) is 20.2 Å². The Morgan fingerprint density at radius 2 is 1.31 bits per heavy atom. The van der Waals surface area contributed by atoms with E-state index in [0.717, 1.165) is 16.6 Å². The van der Waals surface area contributed by atoms with Crippen LogP contribution in [0.3, 0.4) is 0 Å². The third-order valence-electron chi connectivity index (χ3n) is 5.41. The van der Waals surface area contributed by atoms with Crippen LogP contribution in [0.4, 0.5) is 0 Å². The summed E-state index contributed by atoms with van der Waals surface area (Å²) in [6, 6.07) is 25.7. The van der Waals surface area contributed by atoms with Crippen molar-refractivity contribution in [2.45, 2.75) is 0 Å². The molecule has 0 fully saturated rings. The first-order valence-electron chi connectivity index (χ1n) is 9.35. The largest absolute Gasteiger partial charge is 0.456 e. The van der Waals surface area contributed by atoms with E-state index in [4.69, 9.17) is 12.3 Å². The van der Waals surface area contributed by atoms with Gasteiger partial charge in [0.25, 0.3) is 0 Å². The average molecular weight is 388 g/mol. The van der Waals surface area contributed by atoms with Gasteiger partial charge in [-0.1, -0.05) is 54.0 Å². The molecule has 0 bridgehead atoms. The zero-order valence-corrected chi connectivity index (χ0v) is 16.1. The molecule has 29 heavy (non-hydrogen) atoms. The number of rotatable bonds is 1. The van der Waals surface area contributed by atoms with E-state index in [1.807, 2.05) is 48.5 Å². The Balaban J connectivity index is 1.56. The highest BCUT2D eigenvalue weighted by atomic mass is 32.1. The van der Waals surface area contributed by atoms with Crippen LogP contribution in [0.5, 0.6) is 0 Å². The molecular formula is C25H13BO2S. The summed E-state index contributed by atoms with van der Waals surface area (Å²) in [7, 11) is 5.94. The van der Waals surface area contributed by atoms with E-state index in [1.54, 1.807) is 17.4 Å². The van der Waals surface area contributed by atoms with Crippen molar-refractivity contribution < 1.29 is 4.42 Å². The lowest BCUT2D eigenvalue weighted by atomic mass is 9.95. The van der Waals surface area contributed by atoms with Crippen LogP contribution in [-0.2, 0) is 0 Å². The third kappa shape index (κ3) is 2.53. The van der Waals surface area contributed by atoms with Crippen LogP contribution in [0.25, 0.3) is 53.2 Å². The number of hydrogen-bond acceptors (Lipinski definition) is 3. The molecule has 134 valence electrons. The highest BCUT2D eigenvalue weighted by Crippen LogP contribution is 2.36. The monoisotopic (exact) mass is 388 g/mol. The molecule has 6 rings (SSSR count). The fraction of sp³-hybridized carbons (Fsp3) is 0. The van der Waals surface area contributed by atoms with Gasteiger partial charge in [0.05, 0.1) is 10.8 Å². The van der Waals surface area contributed by atoms with E-state index in [1.165, 1.54) is 20.2 Å². The van der Waals surface area contributed by atoms with Gasteiger partial charge in [-0.25, -0.2) is 0 Å². The second-order valence-corrected chi connectivity index (χ2v) is 8.29. The minimum absolute atomic E-state index is 0.00551. The van der Waals surface area contributed by atoms with Crippen molar-refractivity contribution in [2.24, 2.45) is 0 Å². The van der Waals surface area contributed by atoms with Gasteiger partial charge < -0.3 is 4.42 Å². The van der Waals surface area contributed by atoms with Crippen molar-refractivity contribution >= 4 is 66.8 Å². The molecule has 2 radical (unpaired) electrons. The van der Waals surface area contributed by atoms with E-state index in [9.17, 15) is 4.79 Å². The summed E-state index contributed by atoms with van der Waals surface area (Å²) in [5, 5.41) is 3.67. The van der Waals surface area contributed by atoms with Crippen LogP contribution in [0, 0.1) is 0 Å². The molecule has 4 aromatic carbocycles. The molecule has 2 nitrogen and oxygen atoms in total. The molecule has 0 saturated heterocycles. The van der Waals surface area contributed by atoms with E-state index in [-0.39, 0.29) is 5.43 Å². The maximum absolute atomic E-state index is 12.8. The highest BCUT2D eigenvalue weighted by Gasteiger charge is 2.10. The number of thiophene rings is 1. The number of benzene rings is 4. The van der Waals surface area contributed by atoms with Crippen LogP contribution < -0.4 is 10.9 Å². The van der Waals surface area contributed by atoms with Gasteiger partial charge in [0.2, 0.25) is 5.43 Å². The topological polar surface area (TPSA) is 30.2 Å². The molecule has 4 heteroatoms. The third-order valence-corrected chi connectivity index (χ3v) is 6.52. The molecule has 0 N–H and O–H groups in total. The Labute approximate surface area is 171 Å². The molecular weight excluding hydrogens is 375 g/mol. The molecule has 0 saturated carbocycles. The Hall–Kier alpha value is -3.37. The van der Waals surface area contributed by atoms with Gasteiger partial charge in [-0.05, 0) is 41.5 Å².